The number of ether oxygens (including phenoxy) is 1. The number of benzene rings is 2. The molecule has 1 saturated carbocycles. The molecular formula is C26H32FN3O3. The molecule has 0 spiro atoms. The van der Waals surface area contributed by atoms with Crippen molar-refractivity contribution in [1.29, 1.82) is 0 Å². The fourth-order valence-electron chi connectivity index (χ4n) is 4.83. The molecule has 3 amide bonds. The van der Waals surface area contributed by atoms with Gasteiger partial charge in [-0.15, -0.1) is 0 Å². The molecule has 0 saturated heterocycles. The van der Waals surface area contributed by atoms with E-state index in [0.29, 0.717) is 19.4 Å². The van der Waals surface area contributed by atoms with Crippen molar-refractivity contribution in [3.8, 4) is 0 Å². The van der Waals surface area contributed by atoms with Crippen molar-refractivity contribution in [2.45, 2.75) is 70.2 Å². The lowest BCUT2D eigenvalue weighted by Gasteiger charge is -2.47. The van der Waals surface area contributed by atoms with Gasteiger partial charge in [-0.05, 0) is 75.8 Å². The highest BCUT2D eigenvalue weighted by Crippen LogP contribution is 2.37. The molecule has 2 N–H and O–H groups in total. The number of urea groups is 1. The molecule has 1 heterocycles. The molecule has 2 aromatic carbocycles. The van der Waals surface area contributed by atoms with Crippen LogP contribution in [0.5, 0.6) is 0 Å². The first-order valence-electron chi connectivity index (χ1n) is 11.4. The van der Waals surface area contributed by atoms with Crippen LogP contribution in [-0.2, 0) is 11.2 Å². The number of nitrogens with one attached hydrogen (secondary N) is 2. The topological polar surface area (TPSA) is 70.7 Å². The molecule has 6 nitrogen and oxygen atoms in total. The molecule has 1 fully saturated rings. The molecule has 0 bridgehead atoms. The lowest BCUT2D eigenvalue weighted by atomic mass is 9.74. The van der Waals surface area contributed by atoms with Crippen LogP contribution in [0.2, 0.25) is 0 Å². The zero-order valence-corrected chi connectivity index (χ0v) is 19.7. The third-order valence-corrected chi connectivity index (χ3v) is 6.25. The van der Waals surface area contributed by atoms with E-state index in [9.17, 15) is 14.0 Å². The van der Waals surface area contributed by atoms with Gasteiger partial charge in [-0.25, -0.2) is 14.0 Å². The number of rotatable bonds is 3. The van der Waals surface area contributed by atoms with Gasteiger partial charge in [0.2, 0.25) is 0 Å². The summed E-state index contributed by atoms with van der Waals surface area (Å²) in [6, 6.07) is 14.0. The number of fused-ring (bicyclic) bond motifs is 1. The Kier molecular flexibility index (Phi) is 6.08. The zero-order valence-electron chi connectivity index (χ0n) is 19.7. The summed E-state index contributed by atoms with van der Waals surface area (Å²) in [6.45, 7) is 8.01. The normalized spacial score (nSPS) is 24.3. The number of carbonyl (C=O) groups excluding carboxylic acids is 2. The third kappa shape index (κ3) is 5.29. The number of hydrogen-bond acceptors (Lipinski definition) is 3. The van der Waals surface area contributed by atoms with Gasteiger partial charge in [0, 0.05) is 18.1 Å². The first-order chi connectivity index (χ1) is 15.5. The van der Waals surface area contributed by atoms with Crippen LogP contribution >= 0.6 is 0 Å². The minimum absolute atomic E-state index is 0.0384. The summed E-state index contributed by atoms with van der Waals surface area (Å²) in [5.41, 5.74) is 2.18. The van der Waals surface area contributed by atoms with Crippen molar-refractivity contribution in [2.75, 3.05) is 6.54 Å². The summed E-state index contributed by atoms with van der Waals surface area (Å²) >= 11 is 0. The largest absolute Gasteiger partial charge is 0.444 e. The number of alkyl carbamates (subject to hydrolysis) is 1. The van der Waals surface area contributed by atoms with E-state index in [1.807, 2.05) is 50.8 Å². The molecule has 1 aliphatic carbocycles. The summed E-state index contributed by atoms with van der Waals surface area (Å²) < 4.78 is 18.9. The average molecular weight is 454 g/mol. The van der Waals surface area contributed by atoms with Gasteiger partial charge in [-0.1, -0.05) is 36.4 Å². The Morgan fingerprint density at radius 1 is 1.09 bits per heavy atom. The molecular weight excluding hydrogens is 421 g/mol. The highest BCUT2D eigenvalue weighted by atomic mass is 19.1. The highest BCUT2D eigenvalue weighted by Gasteiger charge is 2.44. The SMILES string of the molecule is CC(C)(C)OC(=O)N[C@]1(C)C[C@H](NC(=O)N2CCc3ccccc3[C@@H]2c2ccc(F)cc2)C1. The van der Waals surface area contributed by atoms with Gasteiger partial charge >= 0.3 is 12.1 Å². The van der Waals surface area contributed by atoms with E-state index in [-0.39, 0.29) is 23.9 Å². The molecule has 4 rings (SSSR count). The van der Waals surface area contributed by atoms with E-state index in [2.05, 4.69) is 16.7 Å². The predicted octanol–water partition coefficient (Wildman–Crippen LogP) is 4.93. The molecule has 1 atom stereocenters. The van der Waals surface area contributed by atoms with Gasteiger partial charge in [0.1, 0.15) is 11.4 Å². The molecule has 33 heavy (non-hydrogen) atoms. The van der Waals surface area contributed by atoms with Crippen molar-refractivity contribution in [2.24, 2.45) is 0 Å². The van der Waals surface area contributed by atoms with E-state index in [4.69, 9.17) is 4.74 Å². The van der Waals surface area contributed by atoms with Gasteiger partial charge in [-0.2, -0.15) is 0 Å². The molecule has 0 unspecified atom stereocenters. The first kappa shape index (κ1) is 23.1. The molecule has 7 heteroatoms. The third-order valence-electron chi connectivity index (χ3n) is 6.25. The van der Waals surface area contributed by atoms with E-state index in [1.165, 1.54) is 17.7 Å². The summed E-state index contributed by atoms with van der Waals surface area (Å²) in [5, 5.41) is 6.05. The Labute approximate surface area is 194 Å². The van der Waals surface area contributed by atoms with Crippen molar-refractivity contribution in [3.63, 3.8) is 0 Å². The van der Waals surface area contributed by atoms with Crippen LogP contribution in [0.15, 0.2) is 48.5 Å². The summed E-state index contributed by atoms with van der Waals surface area (Å²) in [7, 11) is 0. The molecule has 2 aromatic rings. The second-order valence-electron chi connectivity index (χ2n) is 10.3. The van der Waals surface area contributed by atoms with Crippen LogP contribution in [-0.4, -0.2) is 40.8 Å². The number of nitrogens with zero attached hydrogens (tertiary/aromatic N) is 1. The number of amides is 3. The van der Waals surface area contributed by atoms with Gasteiger partial charge in [0.15, 0.2) is 0 Å². The lowest BCUT2D eigenvalue weighted by Crippen LogP contribution is -2.63. The van der Waals surface area contributed by atoms with Crippen LogP contribution in [0, 0.1) is 5.82 Å². The summed E-state index contributed by atoms with van der Waals surface area (Å²) in [5.74, 6) is -0.301. The van der Waals surface area contributed by atoms with Crippen LogP contribution in [0.1, 0.15) is 63.3 Å². The molecule has 0 aromatic heterocycles. The van der Waals surface area contributed by atoms with E-state index >= 15 is 0 Å². The maximum Gasteiger partial charge on any atom is 0.408 e. The zero-order chi connectivity index (χ0) is 23.8. The number of carbonyl (C=O) groups is 2. The van der Waals surface area contributed by atoms with Crippen molar-refractivity contribution >= 4 is 12.1 Å². The van der Waals surface area contributed by atoms with Gasteiger partial charge in [-0.3, -0.25) is 0 Å². The smallest absolute Gasteiger partial charge is 0.408 e. The first-order valence-corrected chi connectivity index (χ1v) is 11.4. The van der Waals surface area contributed by atoms with Crippen molar-refractivity contribution in [3.05, 3.63) is 71.0 Å². The van der Waals surface area contributed by atoms with E-state index < -0.39 is 17.2 Å². The Morgan fingerprint density at radius 2 is 1.76 bits per heavy atom. The number of halogens is 1. The Morgan fingerprint density at radius 3 is 2.42 bits per heavy atom. The van der Waals surface area contributed by atoms with Crippen molar-refractivity contribution < 1.29 is 18.7 Å². The molecule has 1 aliphatic heterocycles. The fraction of sp³-hybridized carbons (Fsp3) is 0.462. The van der Waals surface area contributed by atoms with Gasteiger partial charge in [0.25, 0.3) is 0 Å². The second-order valence-corrected chi connectivity index (χ2v) is 10.3. The number of hydrogen-bond donors (Lipinski definition) is 2. The van der Waals surface area contributed by atoms with Crippen LogP contribution < -0.4 is 10.6 Å². The summed E-state index contributed by atoms with van der Waals surface area (Å²) in [4.78, 5) is 27.3. The quantitative estimate of drug-likeness (QED) is 0.692. The van der Waals surface area contributed by atoms with Gasteiger partial charge < -0.3 is 20.3 Å². The average Bonchev–Trinajstić information content (AvgIpc) is 2.71. The Balaban J connectivity index is 1.43. The van der Waals surface area contributed by atoms with E-state index in [0.717, 1.165) is 17.5 Å². The summed E-state index contributed by atoms with van der Waals surface area (Å²) in [6.07, 6.45) is 1.58. The standard InChI is InChI=1S/C26H32FN3O3/c1-25(2,3)33-24(32)29-26(4)15-20(16-26)28-23(31)30-14-13-17-7-5-6-8-21(17)22(30)18-9-11-19(27)12-10-18/h5-12,20,22H,13-16H2,1-4H3,(H,28,31)(H,29,32)/t20-,22-,26+/m0/s1. The van der Waals surface area contributed by atoms with Crippen LogP contribution in [0.3, 0.4) is 0 Å². The minimum Gasteiger partial charge on any atom is -0.444 e. The molecule has 2 aliphatic rings. The maximum absolute atomic E-state index is 13.6. The predicted molar refractivity (Wildman–Crippen MR) is 124 cm³/mol. The molecule has 0 radical (unpaired) electrons. The fourth-order valence-corrected chi connectivity index (χ4v) is 4.83. The van der Waals surface area contributed by atoms with Crippen LogP contribution in [0.4, 0.5) is 14.0 Å². The van der Waals surface area contributed by atoms with E-state index in [1.54, 1.807) is 12.1 Å². The second kappa shape index (κ2) is 8.69. The monoisotopic (exact) mass is 453 g/mol. The van der Waals surface area contributed by atoms with Crippen molar-refractivity contribution in [1.82, 2.24) is 15.5 Å². The molecule has 176 valence electrons. The Bertz CT molecular complexity index is 1030. The Hall–Kier alpha value is -3.09. The maximum atomic E-state index is 13.6. The minimum atomic E-state index is -0.558. The highest BCUT2D eigenvalue weighted by molar-refractivity contribution is 5.77. The van der Waals surface area contributed by atoms with Gasteiger partial charge in [0.05, 0.1) is 6.04 Å². The van der Waals surface area contributed by atoms with Crippen LogP contribution in [0.25, 0.3) is 0 Å². The lowest BCUT2D eigenvalue weighted by molar-refractivity contribution is 0.0368.